The van der Waals surface area contributed by atoms with E-state index in [0.29, 0.717) is 5.41 Å². The molecular formula is C9H12N2OS. The molecule has 1 aliphatic rings. The predicted molar refractivity (Wildman–Crippen MR) is 51.7 cm³/mol. The van der Waals surface area contributed by atoms with E-state index in [1.807, 2.05) is 0 Å². The molecule has 0 radical (unpaired) electrons. The fraction of sp³-hybridized carbons (Fsp3) is 0.556. The van der Waals surface area contributed by atoms with E-state index in [9.17, 15) is 0 Å². The molecule has 1 fully saturated rings. The standard InChI is InChI=1S/C9H12N2OS/c1-9(5-12-6-9)7-13-8-4-10-2-3-11-8/h2-4H,5-7H2,1H3. The summed E-state index contributed by atoms with van der Waals surface area (Å²) in [5.41, 5.74) is 0.349. The number of nitrogens with zero attached hydrogens (tertiary/aromatic N) is 2. The number of aromatic nitrogens is 2. The Morgan fingerprint density at radius 2 is 2.38 bits per heavy atom. The number of ether oxygens (including phenoxy) is 1. The van der Waals surface area contributed by atoms with Crippen molar-refractivity contribution in [1.82, 2.24) is 9.97 Å². The van der Waals surface area contributed by atoms with E-state index in [1.165, 1.54) is 0 Å². The first-order valence-electron chi connectivity index (χ1n) is 4.25. The van der Waals surface area contributed by atoms with Crippen molar-refractivity contribution >= 4 is 11.8 Å². The summed E-state index contributed by atoms with van der Waals surface area (Å²) in [6.45, 7) is 3.99. The third kappa shape index (κ3) is 2.19. The van der Waals surface area contributed by atoms with Crippen molar-refractivity contribution in [3.05, 3.63) is 18.6 Å². The van der Waals surface area contributed by atoms with Crippen molar-refractivity contribution in [3.8, 4) is 0 Å². The molecule has 0 bridgehead atoms. The fourth-order valence-electron chi connectivity index (χ4n) is 1.14. The molecular weight excluding hydrogens is 184 g/mol. The Morgan fingerprint density at radius 3 is 2.92 bits per heavy atom. The van der Waals surface area contributed by atoms with Gasteiger partial charge in [0.25, 0.3) is 0 Å². The van der Waals surface area contributed by atoms with Gasteiger partial charge in [-0.15, -0.1) is 11.8 Å². The predicted octanol–water partition coefficient (Wildman–Crippen LogP) is 1.61. The Morgan fingerprint density at radius 1 is 1.54 bits per heavy atom. The average Bonchev–Trinajstić information content (AvgIpc) is 2.13. The van der Waals surface area contributed by atoms with Crippen LogP contribution in [0.5, 0.6) is 0 Å². The van der Waals surface area contributed by atoms with Crippen molar-refractivity contribution in [2.24, 2.45) is 5.41 Å². The Bertz CT molecular complexity index is 274. The molecule has 0 aliphatic carbocycles. The maximum Gasteiger partial charge on any atom is 0.114 e. The normalized spacial score (nSPS) is 19.5. The number of thioether (sulfide) groups is 1. The van der Waals surface area contributed by atoms with Gasteiger partial charge in [0.15, 0.2) is 0 Å². The smallest absolute Gasteiger partial charge is 0.114 e. The summed E-state index contributed by atoms with van der Waals surface area (Å²) in [6.07, 6.45) is 5.22. The molecule has 0 spiro atoms. The van der Waals surface area contributed by atoms with Crippen molar-refractivity contribution in [2.75, 3.05) is 19.0 Å². The SMILES string of the molecule is CC1(CSc2cnccn2)COC1. The molecule has 1 aromatic rings. The lowest BCUT2D eigenvalue weighted by molar-refractivity contribution is -0.0861. The van der Waals surface area contributed by atoms with Crippen molar-refractivity contribution < 1.29 is 4.74 Å². The molecule has 2 rings (SSSR count). The zero-order valence-electron chi connectivity index (χ0n) is 7.56. The van der Waals surface area contributed by atoms with Crippen LogP contribution in [0.4, 0.5) is 0 Å². The minimum atomic E-state index is 0.349. The van der Waals surface area contributed by atoms with Crippen molar-refractivity contribution in [3.63, 3.8) is 0 Å². The van der Waals surface area contributed by atoms with E-state index >= 15 is 0 Å². The van der Waals surface area contributed by atoms with Crippen LogP contribution in [0.2, 0.25) is 0 Å². The van der Waals surface area contributed by atoms with Crippen LogP contribution in [-0.2, 0) is 4.74 Å². The second kappa shape index (κ2) is 3.64. The Hall–Kier alpha value is -0.610. The highest BCUT2D eigenvalue weighted by Gasteiger charge is 2.33. The molecule has 0 N–H and O–H groups in total. The molecule has 1 aliphatic heterocycles. The lowest BCUT2D eigenvalue weighted by Crippen LogP contribution is -2.41. The van der Waals surface area contributed by atoms with E-state index in [4.69, 9.17) is 4.74 Å². The van der Waals surface area contributed by atoms with Crippen molar-refractivity contribution in [2.45, 2.75) is 11.9 Å². The van der Waals surface area contributed by atoms with Gasteiger partial charge in [0.1, 0.15) is 5.03 Å². The maximum atomic E-state index is 5.18. The Balaban J connectivity index is 1.86. The van der Waals surface area contributed by atoms with Crippen LogP contribution in [0.25, 0.3) is 0 Å². The quantitative estimate of drug-likeness (QED) is 0.688. The van der Waals surface area contributed by atoms with Gasteiger partial charge in [-0.2, -0.15) is 0 Å². The fourth-order valence-corrected chi connectivity index (χ4v) is 2.08. The molecule has 13 heavy (non-hydrogen) atoms. The highest BCUT2D eigenvalue weighted by molar-refractivity contribution is 7.99. The summed E-state index contributed by atoms with van der Waals surface area (Å²) in [5.74, 6) is 1.06. The minimum absolute atomic E-state index is 0.349. The van der Waals surface area contributed by atoms with Crippen LogP contribution in [0.1, 0.15) is 6.92 Å². The summed E-state index contributed by atoms with van der Waals surface area (Å²) in [4.78, 5) is 8.21. The van der Waals surface area contributed by atoms with Crippen LogP contribution in [-0.4, -0.2) is 28.9 Å². The first kappa shape index (κ1) is 8.97. The first-order chi connectivity index (χ1) is 6.29. The maximum absolute atomic E-state index is 5.18. The monoisotopic (exact) mass is 196 g/mol. The summed E-state index contributed by atoms with van der Waals surface area (Å²) in [6, 6.07) is 0. The zero-order valence-corrected chi connectivity index (χ0v) is 8.38. The summed E-state index contributed by atoms with van der Waals surface area (Å²) in [7, 11) is 0. The van der Waals surface area contributed by atoms with Gasteiger partial charge in [0, 0.05) is 23.6 Å². The van der Waals surface area contributed by atoms with E-state index in [-0.39, 0.29) is 0 Å². The van der Waals surface area contributed by atoms with Crippen LogP contribution in [0.3, 0.4) is 0 Å². The highest BCUT2D eigenvalue weighted by atomic mass is 32.2. The molecule has 1 aromatic heterocycles. The summed E-state index contributed by atoms with van der Waals surface area (Å²) in [5, 5.41) is 0.996. The molecule has 70 valence electrons. The third-order valence-electron chi connectivity index (χ3n) is 2.01. The van der Waals surface area contributed by atoms with Gasteiger partial charge in [-0.3, -0.25) is 4.98 Å². The van der Waals surface area contributed by atoms with Crippen LogP contribution in [0, 0.1) is 5.41 Å². The van der Waals surface area contributed by atoms with Gasteiger partial charge in [-0.25, -0.2) is 4.98 Å². The van der Waals surface area contributed by atoms with Gasteiger partial charge in [0.2, 0.25) is 0 Å². The second-order valence-corrected chi connectivity index (χ2v) is 4.63. The van der Waals surface area contributed by atoms with E-state index in [1.54, 1.807) is 30.4 Å². The lowest BCUT2D eigenvalue weighted by Gasteiger charge is -2.37. The van der Waals surface area contributed by atoms with Crippen LogP contribution >= 0.6 is 11.8 Å². The first-order valence-corrected chi connectivity index (χ1v) is 5.24. The summed E-state index contributed by atoms with van der Waals surface area (Å²) >= 11 is 1.75. The third-order valence-corrected chi connectivity index (χ3v) is 3.36. The van der Waals surface area contributed by atoms with Gasteiger partial charge in [-0.1, -0.05) is 6.92 Å². The highest BCUT2D eigenvalue weighted by Crippen LogP contribution is 2.32. The van der Waals surface area contributed by atoms with E-state index in [0.717, 1.165) is 24.0 Å². The van der Waals surface area contributed by atoms with Gasteiger partial charge >= 0.3 is 0 Å². The molecule has 0 atom stereocenters. The topological polar surface area (TPSA) is 35.0 Å². The van der Waals surface area contributed by atoms with Gasteiger partial charge in [0.05, 0.1) is 19.4 Å². The minimum Gasteiger partial charge on any atom is -0.380 e. The largest absolute Gasteiger partial charge is 0.380 e. The zero-order chi connectivity index (χ0) is 9.15. The molecule has 0 unspecified atom stereocenters. The van der Waals surface area contributed by atoms with Crippen LogP contribution in [0.15, 0.2) is 23.6 Å². The molecule has 0 saturated carbocycles. The molecule has 1 saturated heterocycles. The number of hydrogen-bond acceptors (Lipinski definition) is 4. The van der Waals surface area contributed by atoms with E-state index < -0.39 is 0 Å². The number of rotatable bonds is 3. The van der Waals surface area contributed by atoms with Crippen LogP contribution < -0.4 is 0 Å². The lowest BCUT2D eigenvalue weighted by atomic mass is 9.92. The molecule has 0 aromatic carbocycles. The average molecular weight is 196 g/mol. The van der Waals surface area contributed by atoms with E-state index in [2.05, 4.69) is 16.9 Å². The summed E-state index contributed by atoms with van der Waals surface area (Å²) < 4.78 is 5.18. The Kier molecular flexibility index (Phi) is 2.51. The molecule has 0 amide bonds. The van der Waals surface area contributed by atoms with Gasteiger partial charge < -0.3 is 4.74 Å². The number of hydrogen-bond donors (Lipinski definition) is 0. The van der Waals surface area contributed by atoms with Crippen molar-refractivity contribution in [1.29, 1.82) is 0 Å². The molecule has 3 nitrogen and oxygen atoms in total. The molecule has 4 heteroatoms. The Labute approximate surface area is 81.9 Å². The second-order valence-electron chi connectivity index (χ2n) is 3.64. The van der Waals surface area contributed by atoms with Gasteiger partial charge in [-0.05, 0) is 0 Å². The molecule has 2 heterocycles.